The molecule has 2 aromatic heterocycles. The molecule has 0 N–H and O–H groups in total. The first-order chi connectivity index (χ1) is 11.5. The van der Waals surface area contributed by atoms with Crippen LogP contribution in [0.25, 0.3) is 5.65 Å². The van der Waals surface area contributed by atoms with Crippen LogP contribution in [-0.2, 0) is 23.0 Å². The van der Waals surface area contributed by atoms with E-state index in [1.54, 1.807) is 16.4 Å². The van der Waals surface area contributed by atoms with E-state index in [0.29, 0.717) is 24.4 Å². The highest BCUT2D eigenvalue weighted by molar-refractivity contribution is 7.89. The summed E-state index contributed by atoms with van der Waals surface area (Å²) in [5.41, 5.74) is 4.91. The number of hydrogen-bond donors (Lipinski definition) is 0. The summed E-state index contributed by atoms with van der Waals surface area (Å²) in [5, 5.41) is 0. The predicted octanol–water partition coefficient (Wildman–Crippen LogP) is 2.70. The molecule has 5 nitrogen and oxygen atoms in total. The minimum atomic E-state index is -3.50. The lowest BCUT2D eigenvalue weighted by atomic mass is 10.1. The molecule has 3 heterocycles. The van der Waals surface area contributed by atoms with E-state index >= 15 is 0 Å². The molecule has 1 aliphatic heterocycles. The monoisotopic (exact) mass is 341 g/mol. The van der Waals surface area contributed by atoms with Crippen molar-refractivity contribution < 1.29 is 8.42 Å². The van der Waals surface area contributed by atoms with Gasteiger partial charge in [-0.2, -0.15) is 4.31 Å². The van der Waals surface area contributed by atoms with Crippen molar-refractivity contribution in [2.24, 2.45) is 0 Å². The van der Waals surface area contributed by atoms with Crippen molar-refractivity contribution in [1.29, 1.82) is 0 Å². The standard InChI is InChI=1S/C18H19N3O2S/c1-13-6-7-15(11-14(13)2)24(22,23)20-10-8-16-17(12-20)21-9-4-3-5-18(21)19-16/h3-7,9,11H,8,10,12H2,1-2H3. The largest absolute Gasteiger partial charge is 0.302 e. The van der Waals surface area contributed by atoms with Crippen LogP contribution in [0.15, 0.2) is 47.5 Å². The second-order valence-corrected chi connectivity index (χ2v) is 8.21. The molecule has 3 aromatic rings. The normalized spacial score (nSPS) is 15.6. The fourth-order valence-corrected chi connectivity index (χ4v) is 4.66. The fraction of sp³-hybridized carbons (Fsp3) is 0.278. The molecular weight excluding hydrogens is 322 g/mol. The number of pyridine rings is 1. The third-order valence-electron chi connectivity index (χ3n) is 4.75. The van der Waals surface area contributed by atoms with Crippen molar-refractivity contribution in [3.8, 4) is 0 Å². The first-order valence-electron chi connectivity index (χ1n) is 7.99. The number of sulfonamides is 1. The molecule has 0 fully saturated rings. The minimum Gasteiger partial charge on any atom is -0.302 e. The number of nitrogens with zero attached hydrogens (tertiary/aromatic N) is 3. The molecule has 1 aromatic carbocycles. The topological polar surface area (TPSA) is 54.7 Å². The van der Waals surface area contributed by atoms with E-state index in [2.05, 4.69) is 4.98 Å². The van der Waals surface area contributed by atoms with Crippen LogP contribution in [-0.4, -0.2) is 28.7 Å². The Bertz CT molecular complexity index is 1040. The van der Waals surface area contributed by atoms with E-state index in [-0.39, 0.29) is 0 Å². The molecular formula is C18H19N3O2S. The van der Waals surface area contributed by atoms with E-state index in [1.807, 2.05) is 48.7 Å². The highest BCUT2D eigenvalue weighted by Gasteiger charge is 2.30. The zero-order valence-electron chi connectivity index (χ0n) is 13.7. The van der Waals surface area contributed by atoms with Gasteiger partial charge in [0.25, 0.3) is 0 Å². The SMILES string of the molecule is Cc1ccc(S(=O)(=O)N2CCc3nc4ccccn4c3C2)cc1C. The number of benzene rings is 1. The average Bonchev–Trinajstić information content (AvgIpc) is 2.95. The summed E-state index contributed by atoms with van der Waals surface area (Å²) in [5.74, 6) is 0. The van der Waals surface area contributed by atoms with Gasteiger partial charge in [0.05, 0.1) is 22.8 Å². The quantitative estimate of drug-likeness (QED) is 0.720. The first-order valence-corrected chi connectivity index (χ1v) is 9.43. The Morgan fingerprint density at radius 1 is 1.08 bits per heavy atom. The number of hydrogen-bond acceptors (Lipinski definition) is 3. The van der Waals surface area contributed by atoms with Crippen LogP contribution in [0.3, 0.4) is 0 Å². The number of imidazole rings is 1. The van der Waals surface area contributed by atoms with Gasteiger partial charge in [0.2, 0.25) is 10.0 Å². The minimum absolute atomic E-state index is 0.357. The van der Waals surface area contributed by atoms with Crippen LogP contribution in [0.1, 0.15) is 22.5 Å². The molecule has 0 radical (unpaired) electrons. The predicted molar refractivity (Wildman–Crippen MR) is 92.4 cm³/mol. The lowest BCUT2D eigenvalue weighted by Gasteiger charge is -2.26. The van der Waals surface area contributed by atoms with Crippen LogP contribution in [0.4, 0.5) is 0 Å². The van der Waals surface area contributed by atoms with Gasteiger partial charge in [0.15, 0.2) is 0 Å². The van der Waals surface area contributed by atoms with Crippen LogP contribution >= 0.6 is 0 Å². The summed E-state index contributed by atoms with van der Waals surface area (Å²) >= 11 is 0. The zero-order valence-corrected chi connectivity index (χ0v) is 14.5. The second-order valence-electron chi connectivity index (χ2n) is 6.27. The molecule has 0 bridgehead atoms. The molecule has 0 saturated heterocycles. The van der Waals surface area contributed by atoms with Crippen molar-refractivity contribution >= 4 is 15.7 Å². The van der Waals surface area contributed by atoms with Crippen LogP contribution in [0.5, 0.6) is 0 Å². The van der Waals surface area contributed by atoms with E-state index in [1.165, 1.54) is 0 Å². The van der Waals surface area contributed by atoms with Gasteiger partial charge in [-0.1, -0.05) is 12.1 Å². The van der Waals surface area contributed by atoms with Crippen molar-refractivity contribution in [2.45, 2.75) is 31.7 Å². The summed E-state index contributed by atoms with van der Waals surface area (Å²) < 4.78 is 29.6. The summed E-state index contributed by atoms with van der Waals surface area (Å²) in [6, 6.07) is 11.1. The Morgan fingerprint density at radius 2 is 1.92 bits per heavy atom. The molecule has 24 heavy (non-hydrogen) atoms. The van der Waals surface area contributed by atoms with Crippen LogP contribution in [0.2, 0.25) is 0 Å². The maximum atomic E-state index is 13.0. The number of aryl methyl sites for hydroxylation is 2. The highest BCUT2D eigenvalue weighted by atomic mass is 32.2. The van der Waals surface area contributed by atoms with Gasteiger partial charge >= 0.3 is 0 Å². The lowest BCUT2D eigenvalue weighted by molar-refractivity contribution is 0.383. The van der Waals surface area contributed by atoms with E-state index in [4.69, 9.17) is 0 Å². The van der Waals surface area contributed by atoms with Crippen LogP contribution in [0, 0.1) is 13.8 Å². The Balaban J connectivity index is 1.74. The maximum Gasteiger partial charge on any atom is 0.243 e. The summed E-state index contributed by atoms with van der Waals surface area (Å²) in [6.45, 7) is 4.74. The third-order valence-corrected chi connectivity index (χ3v) is 6.59. The lowest BCUT2D eigenvalue weighted by Crippen LogP contribution is -2.36. The van der Waals surface area contributed by atoms with E-state index in [0.717, 1.165) is 28.2 Å². The van der Waals surface area contributed by atoms with E-state index in [9.17, 15) is 8.42 Å². The highest BCUT2D eigenvalue weighted by Crippen LogP contribution is 2.26. The average molecular weight is 341 g/mol. The summed E-state index contributed by atoms with van der Waals surface area (Å²) in [6.07, 6.45) is 2.58. The van der Waals surface area contributed by atoms with E-state index < -0.39 is 10.0 Å². The van der Waals surface area contributed by atoms with Crippen molar-refractivity contribution in [2.75, 3.05) is 6.54 Å². The smallest absolute Gasteiger partial charge is 0.243 e. The first kappa shape index (κ1) is 15.4. The zero-order chi connectivity index (χ0) is 16.9. The number of aromatic nitrogens is 2. The van der Waals surface area contributed by atoms with Gasteiger partial charge < -0.3 is 4.40 Å². The molecule has 0 spiro atoms. The van der Waals surface area contributed by atoms with Gasteiger partial charge in [0, 0.05) is 19.2 Å². The molecule has 1 aliphatic rings. The van der Waals surface area contributed by atoms with Gasteiger partial charge in [0.1, 0.15) is 5.65 Å². The summed E-state index contributed by atoms with van der Waals surface area (Å²) in [7, 11) is -3.50. The molecule has 0 aliphatic carbocycles. The van der Waals surface area contributed by atoms with Crippen molar-refractivity contribution in [1.82, 2.24) is 13.7 Å². The molecule has 4 rings (SSSR count). The molecule has 0 amide bonds. The third kappa shape index (κ3) is 2.34. The Kier molecular flexibility index (Phi) is 3.47. The molecule has 0 unspecified atom stereocenters. The Hall–Kier alpha value is -2.18. The van der Waals surface area contributed by atoms with Gasteiger partial charge in [-0.25, -0.2) is 13.4 Å². The Morgan fingerprint density at radius 3 is 2.71 bits per heavy atom. The fourth-order valence-electron chi connectivity index (χ4n) is 3.17. The maximum absolute atomic E-state index is 13.0. The van der Waals surface area contributed by atoms with Crippen molar-refractivity contribution in [3.05, 3.63) is 65.1 Å². The number of rotatable bonds is 2. The van der Waals surface area contributed by atoms with Gasteiger partial charge in [-0.15, -0.1) is 0 Å². The second kappa shape index (κ2) is 5.43. The van der Waals surface area contributed by atoms with Gasteiger partial charge in [-0.3, -0.25) is 0 Å². The molecule has 0 saturated carbocycles. The summed E-state index contributed by atoms with van der Waals surface area (Å²) in [4.78, 5) is 4.97. The number of fused-ring (bicyclic) bond motifs is 3. The Labute approximate surface area is 141 Å². The molecule has 6 heteroatoms. The van der Waals surface area contributed by atoms with Gasteiger partial charge in [-0.05, 0) is 49.2 Å². The van der Waals surface area contributed by atoms with Crippen LogP contribution < -0.4 is 0 Å². The van der Waals surface area contributed by atoms with Crippen molar-refractivity contribution in [3.63, 3.8) is 0 Å². The molecule has 0 atom stereocenters. The molecule has 124 valence electrons.